The molecule has 0 unspecified atom stereocenters. The van der Waals surface area contributed by atoms with Crippen LogP contribution in [0, 0.1) is 0 Å². The summed E-state index contributed by atoms with van der Waals surface area (Å²) in [7, 11) is 1.89. The first-order valence-electron chi connectivity index (χ1n) is 5.96. The fraction of sp³-hybridized carbons (Fsp3) is 0.214. The Hall–Kier alpha value is -1.000. The number of aromatic nitrogens is 1. The summed E-state index contributed by atoms with van der Waals surface area (Å²) in [6.07, 6.45) is 1.81. The van der Waals surface area contributed by atoms with Gasteiger partial charge in [-0.3, -0.25) is 4.98 Å². The van der Waals surface area contributed by atoms with Crippen LogP contribution in [-0.4, -0.2) is 12.0 Å². The molecule has 0 aliphatic heterocycles. The van der Waals surface area contributed by atoms with E-state index < -0.39 is 0 Å². The van der Waals surface area contributed by atoms with Gasteiger partial charge >= 0.3 is 0 Å². The molecule has 20 heavy (non-hydrogen) atoms. The summed E-state index contributed by atoms with van der Waals surface area (Å²) in [4.78, 5) is 4.31. The molecular weight excluding hydrogens is 319 g/mol. The Morgan fingerprint density at radius 1 is 1.10 bits per heavy atom. The van der Waals surface area contributed by atoms with Crippen molar-refractivity contribution in [2.75, 3.05) is 7.05 Å². The maximum absolute atomic E-state index is 6.04. The van der Waals surface area contributed by atoms with Crippen molar-refractivity contribution < 1.29 is 4.74 Å². The molecule has 3 nitrogen and oxygen atoms in total. The minimum Gasteiger partial charge on any atom is -0.486 e. The van der Waals surface area contributed by atoms with E-state index in [9.17, 15) is 0 Å². The highest BCUT2D eigenvalue weighted by Crippen LogP contribution is 2.34. The lowest BCUT2D eigenvalue weighted by molar-refractivity contribution is 0.301. The number of nitrogens with one attached hydrogen (secondary N) is 1. The van der Waals surface area contributed by atoms with Crippen molar-refractivity contribution in [2.45, 2.75) is 13.2 Å². The van der Waals surface area contributed by atoms with Crippen molar-refractivity contribution in [1.82, 2.24) is 10.3 Å². The van der Waals surface area contributed by atoms with Crippen molar-refractivity contribution in [1.29, 1.82) is 0 Å². The van der Waals surface area contributed by atoms with E-state index in [2.05, 4.69) is 10.3 Å². The van der Waals surface area contributed by atoms with Crippen molar-refractivity contribution in [3.8, 4) is 5.75 Å². The van der Waals surface area contributed by atoms with E-state index in [1.165, 1.54) is 0 Å². The molecule has 0 bridgehead atoms. The molecule has 1 heterocycles. The molecule has 2 aromatic rings. The summed E-state index contributed by atoms with van der Waals surface area (Å²) >= 11 is 17.8. The lowest BCUT2D eigenvalue weighted by Crippen LogP contribution is -2.06. The number of nitrogens with zero attached hydrogens (tertiary/aromatic N) is 1. The van der Waals surface area contributed by atoms with Crippen LogP contribution in [0.3, 0.4) is 0 Å². The van der Waals surface area contributed by atoms with E-state index in [4.69, 9.17) is 39.5 Å². The summed E-state index contributed by atoms with van der Waals surface area (Å²) in [6, 6.07) is 7.07. The minimum atomic E-state index is 0.317. The van der Waals surface area contributed by atoms with E-state index in [1.807, 2.05) is 25.4 Å². The van der Waals surface area contributed by atoms with Gasteiger partial charge in [-0.05, 0) is 24.7 Å². The molecule has 0 saturated carbocycles. The van der Waals surface area contributed by atoms with Crippen LogP contribution < -0.4 is 10.1 Å². The summed E-state index contributed by atoms with van der Waals surface area (Å²) in [5, 5.41) is 4.29. The number of hydrogen-bond donors (Lipinski definition) is 1. The molecule has 0 spiro atoms. The minimum absolute atomic E-state index is 0.317. The predicted octanol–water partition coefficient (Wildman–Crippen LogP) is 4.34. The van der Waals surface area contributed by atoms with Crippen LogP contribution in [0.1, 0.15) is 11.3 Å². The second kappa shape index (κ2) is 7.14. The zero-order chi connectivity index (χ0) is 14.5. The molecule has 0 saturated heterocycles. The van der Waals surface area contributed by atoms with Crippen LogP contribution in [0.25, 0.3) is 0 Å². The molecule has 2 rings (SSSR count). The van der Waals surface area contributed by atoms with Gasteiger partial charge in [-0.1, -0.05) is 40.9 Å². The molecule has 6 heteroatoms. The van der Waals surface area contributed by atoms with Crippen LogP contribution in [-0.2, 0) is 13.2 Å². The Morgan fingerprint density at radius 2 is 1.85 bits per heavy atom. The molecule has 1 N–H and O–H groups in total. The smallest absolute Gasteiger partial charge is 0.140 e. The van der Waals surface area contributed by atoms with Gasteiger partial charge in [-0.15, -0.1) is 0 Å². The van der Waals surface area contributed by atoms with Gasteiger partial charge in [0.25, 0.3) is 0 Å². The van der Waals surface area contributed by atoms with Gasteiger partial charge in [-0.25, -0.2) is 0 Å². The lowest BCUT2D eigenvalue weighted by Gasteiger charge is -2.09. The van der Waals surface area contributed by atoms with E-state index in [0.29, 0.717) is 27.4 Å². The highest BCUT2D eigenvalue weighted by atomic mass is 35.5. The molecule has 0 atom stereocenters. The van der Waals surface area contributed by atoms with Crippen LogP contribution in [0.15, 0.2) is 30.5 Å². The van der Waals surface area contributed by atoms with Gasteiger partial charge in [0.15, 0.2) is 0 Å². The summed E-state index contributed by atoms with van der Waals surface area (Å²) in [6.45, 7) is 1.10. The maximum Gasteiger partial charge on any atom is 0.140 e. The zero-order valence-electron chi connectivity index (χ0n) is 10.8. The standard InChI is InChI=1S/C14H13Cl3N2O/c1-18-6-9-2-3-10(19-7-9)8-20-14-5-12(16)11(15)4-13(14)17/h2-5,7,18H,6,8H2,1H3. The number of ether oxygens (including phenoxy) is 1. The average Bonchev–Trinajstić information content (AvgIpc) is 2.43. The fourth-order valence-electron chi connectivity index (χ4n) is 1.62. The van der Waals surface area contributed by atoms with Crippen LogP contribution >= 0.6 is 34.8 Å². The summed E-state index contributed by atoms with van der Waals surface area (Å²) < 4.78 is 5.61. The van der Waals surface area contributed by atoms with Crippen molar-refractivity contribution >= 4 is 34.8 Å². The van der Waals surface area contributed by atoms with Gasteiger partial charge in [0, 0.05) is 18.8 Å². The quantitative estimate of drug-likeness (QED) is 0.828. The fourth-order valence-corrected chi connectivity index (χ4v) is 2.21. The molecule has 0 aliphatic rings. The zero-order valence-corrected chi connectivity index (χ0v) is 13.1. The molecular formula is C14H13Cl3N2O. The van der Waals surface area contributed by atoms with Gasteiger partial charge in [0.05, 0.1) is 20.8 Å². The highest BCUT2D eigenvalue weighted by Gasteiger charge is 2.07. The second-order valence-electron chi connectivity index (χ2n) is 4.17. The molecule has 106 valence electrons. The van der Waals surface area contributed by atoms with Gasteiger partial charge < -0.3 is 10.1 Å². The largest absolute Gasteiger partial charge is 0.486 e. The van der Waals surface area contributed by atoms with E-state index in [1.54, 1.807) is 12.1 Å². The van der Waals surface area contributed by atoms with Crippen molar-refractivity contribution in [2.24, 2.45) is 0 Å². The lowest BCUT2D eigenvalue weighted by atomic mass is 10.2. The molecule has 0 fully saturated rings. The number of benzene rings is 1. The van der Waals surface area contributed by atoms with Gasteiger partial charge in [0.2, 0.25) is 0 Å². The predicted molar refractivity (Wildman–Crippen MR) is 82.8 cm³/mol. The maximum atomic E-state index is 6.04. The third kappa shape index (κ3) is 4.00. The first kappa shape index (κ1) is 15.4. The third-order valence-corrected chi connectivity index (χ3v) is 3.63. The Labute approximate surface area is 132 Å². The van der Waals surface area contributed by atoms with Gasteiger partial charge in [0.1, 0.15) is 12.4 Å². The monoisotopic (exact) mass is 330 g/mol. The summed E-state index contributed by atoms with van der Waals surface area (Å²) in [5.41, 5.74) is 1.93. The highest BCUT2D eigenvalue weighted by molar-refractivity contribution is 6.43. The molecule has 0 amide bonds. The molecule has 0 radical (unpaired) electrons. The Bertz CT molecular complexity index is 588. The summed E-state index contributed by atoms with van der Waals surface area (Å²) in [5.74, 6) is 0.488. The SMILES string of the molecule is CNCc1ccc(COc2cc(Cl)c(Cl)cc2Cl)nc1. The van der Waals surface area contributed by atoms with Crippen molar-refractivity contribution in [3.05, 3.63) is 56.8 Å². The average molecular weight is 332 g/mol. The van der Waals surface area contributed by atoms with E-state index >= 15 is 0 Å². The molecule has 0 aliphatic carbocycles. The second-order valence-corrected chi connectivity index (χ2v) is 5.40. The first-order chi connectivity index (χ1) is 9.60. The Kier molecular flexibility index (Phi) is 5.49. The Balaban J connectivity index is 2.03. The topological polar surface area (TPSA) is 34.1 Å². The number of hydrogen-bond acceptors (Lipinski definition) is 3. The normalized spacial score (nSPS) is 10.6. The van der Waals surface area contributed by atoms with Crippen LogP contribution in [0.4, 0.5) is 0 Å². The van der Waals surface area contributed by atoms with E-state index in [-0.39, 0.29) is 0 Å². The third-order valence-electron chi connectivity index (χ3n) is 2.62. The molecule has 1 aromatic heterocycles. The van der Waals surface area contributed by atoms with Crippen LogP contribution in [0.5, 0.6) is 5.75 Å². The van der Waals surface area contributed by atoms with Gasteiger partial charge in [-0.2, -0.15) is 0 Å². The first-order valence-corrected chi connectivity index (χ1v) is 7.09. The van der Waals surface area contributed by atoms with E-state index in [0.717, 1.165) is 17.8 Å². The molecule has 1 aromatic carbocycles. The van der Waals surface area contributed by atoms with Crippen LogP contribution in [0.2, 0.25) is 15.1 Å². The Morgan fingerprint density at radius 3 is 2.50 bits per heavy atom. The number of rotatable bonds is 5. The van der Waals surface area contributed by atoms with Crippen molar-refractivity contribution in [3.63, 3.8) is 0 Å². The number of pyridine rings is 1. The number of halogens is 3.